The van der Waals surface area contributed by atoms with Crippen molar-refractivity contribution in [2.75, 3.05) is 11.9 Å². The van der Waals surface area contributed by atoms with E-state index in [0.29, 0.717) is 18.2 Å². The zero-order valence-electron chi connectivity index (χ0n) is 14.8. The number of aryl methyl sites for hydroxylation is 1. The fraction of sp³-hybridized carbons (Fsp3) is 0.235. The van der Waals surface area contributed by atoms with Gasteiger partial charge in [-0.1, -0.05) is 6.92 Å². The lowest BCUT2D eigenvalue weighted by molar-refractivity contribution is 0.584. The molecule has 0 saturated heterocycles. The summed E-state index contributed by atoms with van der Waals surface area (Å²) in [4.78, 5) is 13.2. The number of benzene rings is 1. The maximum atomic E-state index is 12.0. The third-order valence-electron chi connectivity index (χ3n) is 3.89. The molecule has 0 radical (unpaired) electrons. The number of sulfonamides is 1. The van der Waals surface area contributed by atoms with Crippen molar-refractivity contribution in [3.63, 3.8) is 0 Å². The van der Waals surface area contributed by atoms with Crippen LogP contribution in [0.3, 0.4) is 0 Å². The molecule has 2 heterocycles. The fourth-order valence-corrected chi connectivity index (χ4v) is 3.46. The lowest BCUT2D eigenvalue weighted by Gasteiger charge is -2.09. The summed E-state index contributed by atoms with van der Waals surface area (Å²) >= 11 is 0. The second-order valence-electron chi connectivity index (χ2n) is 5.67. The first-order chi connectivity index (χ1) is 12.4. The van der Waals surface area contributed by atoms with E-state index < -0.39 is 10.0 Å². The Balaban J connectivity index is 1.82. The minimum Gasteiger partial charge on any atom is -0.330 e. The number of rotatable bonds is 6. The van der Waals surface area contributed by atoms with Crippen molar-refractivity contribution in [2.24, 2.45) is 7.05 Å². The summed E-state index contributed by atoms with van der Waals surface area (Å²) in [6.45, 7) is 4.00. The van der Waals surface area contributed by atoms with Crippen molar-refractivity contribution in [1.29, 1.82) is 0 Å². The van der Waals surface area contributed by atoms with Gasteiger partial charge in [0, 0.05) is 25.5 Å². The van der Waals surface area contributed by atoms with Crippen LogP contribution in [-0.2, 0) is 17.1 Å². The normalized spacial score (nSPS) is 11.5. The van der Waals surface area contributed by atoms with E-state index in [0.717, 1.165) is 17.2 Å². The third kappa shape index (κ3) is 3.73. The summed E-state index contributed by atoms with van der Waals surface area (Å²) in [5.74, 6) is 1.31. The molecule has 1 aromatic carbocycles. The Morgan fingerprint density at radius 3 is 2.46 bits per heavy atom. The predicted molar refractivity (Wildman–Crippen MR) is 99.6 cm³/mol. The molecule has 26 heavy (non-hydrogen) atoms. The van der Waals surface area contributed by atoms with E-state index in [1.54, 1.807) is 31.5 Å². The maximum absolute atomic E-state index is 12.0. The number of nitrogens with zero attached hydrogens (tertiary/aromatic N) is 4. The van der Waals surface area contributed by atoms with Gasteiger partial charge in [0.05, 0.1) is 22.5 Å². The number of hydrogen-bond donors (Lipinski definition) is 2. The molecule has 0 saturated carbocycles. The number of aromatic nitrogens is 4. The highest BCUT2D eigenvalue weighted by Gasteiger charge is 2.12. The predicted octanol–water partition coefficient (Wildman–Crippen LogP) is 2.23. The highest BCUT2D eigenvalue weighted by molar-refractivity contribution is 7.89. The molecule has 0 atom stereocenters. The molecule has 0 aliphatic rings. The van der Waals surface area contributed by atoms with Crippen molar-refractivity contribution >= 4 is 21.7 Å². The molecule has 136 valence electrons. The van der Waals surface area contributed by atoms with E-state index in [9.17, 15) is 8.42 Å². The van der Waals surface area contributed by atoms with Gasteiger partial charge in [0.2, 0.25) is 16.0 Å². The Morgan fingerprint density at radius 1 is 1.12 bits per heavy atom. The Morgan fingerprint density at radius 2 is 1.85 bits per heavy atom. The Bertz CT molecular complexity index is 1010. The molecule has 0 bridgehead atoms. The molecule has 0 spiro atoms. The minimum absolute atomic E-state index is 0.213. The molecule has 0 amide bonds. The van der Waals surface area contributed by atoms with E-state index in [-0.39, 0.29) is 4.90 Å². The van der Waals surface area contributed by atoms with E-state index in [1.807, 2.05) is 24.6 Å². The van der Waals surface area contributed by atoms with Crippen LogP contribution < -0.4 is 10.0 Å². The highest BCUT2D eigenvalue weighted by Crippen LogP contribution is 2.20. The number of hydrogen-bond acceptors (Lipinski definition) is 6. The number of anilines is 2. The summed E-state index contributed by atoms with van der Waals surface area (Å²) < 4.78 is 28.4. The largest absolute Gasteiger partial charge is 0.330 e. The molecule has 3 rings (SSSR count). The minimum atomic E-state index is -3.46. The number of imidazole rings is 1. The maximum Gasteiger partial charge on any atom is 0.240 e. The molecule has 0 unspecified atom stereocenters. The van der Waals surface area contributed by atoms with E-state index in [4.69, 9.17) is 0 Å². The van der Waals surface area contributed by atoms with Crippen molar-refractivity contribution in [1.82, 2.24) is 24.2 Å². The molecule has 2 aromatic heterocycles. The molecular formula is C17H20N6O2S. The van der Waals surface area contributed by atoms with Gasteiger partial charge in [-0.25, -0.2) is 28.1 Å². The van der Waals surface area contributed by atoms with Gasteiger partial charge < -0.3 is 9.88 Å². The van der Waals surface area contributed by atoms with E-state index in [1.165, 1.54) is 12.1 Å². The summed E-state index contributed by atoms with van der Waals surface area (Å²) in [6, 6.07) is 8.24. The van der Waals surface area contributed by atoms with Crippen LogP contribution in [0.1, 0.15) is 12.7 Å². The molecule has 0 aliphatic carbocycles. The van der Waals surface area contributed by atoms with E-state index >= 15 is 0 Å². The second-order valence-corrected chi connectivity index (χ2v) is 7.43. The van der Waals surface area contributed by atoms with Gasteiger partial charge in [-0.3, -0.25) is 0 Å². The van der Waals surface area contributed by atoms with Crippen LogP contribution in [0.25, 0.3) is 11.4 Å². The van der Waals surface area contributed by atoms with Crippen LogP contribution in [0.5, 0.6) is 0 Å². The Labute approximate surface area is 152 Å². The van der Waals surface area contributed by atoms with Crippen LogP contribution in [0.2, 0.25) is 0 Å². The average Bonchev–Trinajstić information content (AvgIpc) is 2.95. The molecule has 0 fully saturated rings. The van der Waals surface area contributed by atoms with Crippen molar-refractivity contribution in [2.45, 2.75) is 18.7 Å². The SMILES string of the molecule is CCNS(=O)(=O)c1ccc(Nc2nccc(-c3cnc(C)n3C)n2)cc1. The van der Waals surface area contributed by atoms with Crippen molar-refractivity contribution < 1.29 is 8.42 Å². The summed E-state index contributed by atoms with van der Waals surface area (Å²) in [6.07, 6.45) is 3.43. The van der Waals surface area contributed by atoms with Crippen LogP contribution in [-0.4, -0.2) is 34.5 Å². The zero-order valence-corrected chi connectivity index (χ0v) is 15.6. The van der Waals surface area contributed by atoms with Gasteiger partial charge in [-0.05, 0) is 37.3 Å². The Kier molecular flexibility index (Phi) is 5.01. The first-order valence-corrected chi connectivity index (χ1v) is 9.57. The van der Waals surface area contributed by atoms with Gasteiger partial charge in [0.1, 0.15) is 5.82 Å². The monoisotopic (exact) mass is 372 g/mol. The van der Waals surface area contributed by atoms with Crippen molar-refractivity contribution in [3.8, 4) is 11.4 Å². The standard InChI is InChI=1S/C17H20N6O2S/c1-4-20-26(24,25)14-7-5-13(6-8-14)21-17-18-10-9-15(22-17)16-11-19-12(2)23(16)3/h5-11,20H,4H2,1-3H3,(H,18,21,22). The fourth-order valence-electron chi connectivity index (χ4n) is 2.42. The van der Waals surface area contributed by atoms with Gasteiger partial charge in [0.15, 0.2) is 0 Å². The quantitative estimate of drug-likeness (QED) is 0.688. The smallest absolute Gasteiger partial charge is 0.240 e. The van der Waals surface area contributed by atoms with Crippen LogP contribution in [0.15, 0.2) is 47.6 Å². The van der Waals surface area contributed by atoms with Crippen LogP contribution >= 0.6 is 0 Å². The van der Waals surface area contributed by atoms with Gasteiger partial charge in [-0.2, -0.15) is 0 Å². The van der Waals surface area contributed by atoms with Crippen LogP contribution in [0, 0.1) is 6.92 Å². The van der Waals surface area contributed by atoms with Gasteiger partial charge in [-0.15, -0.1) is 0 Å². The molecule has 3 aromatic rings. The number of nitrogens with one attached hydrogen (secondary N) is 2. The summed E-state index contributed by atoms with van der Waals surface area (Å²) in [5, 5.41) is 3.08. The summed E-state index contributed by atoms with van der Waals surface area (Å²) in [5.41, 5.74) is 2.33. The van der Waals surface area contributed by atoms with Crippen LogP contribution in [0.4, 0.5) is 11.6 Å². The lowest BCUT2D eigenvalue weighted by atomic mass is 10.3. The first kappa shape index (κ1) is 18.0. The molecule has 0 aliphatic heterocycles. The first-order valence-electron chi connectivity index (χ1n) is 8.09. The third-order valence-corrected chi connectivity index (χ3v) is 5.46. The topological polar surface area (TPSA) is 102 Å². The van der Waals surface area contributed by atoms with Crippen molar-refractivity contribution in [3.05, 3.63) is 48.5 Å². The average molecular weight is 372 g/mol. The van der Waals surface area contributed by atoms with Gasteiger partial charge in [0.25, 0.3) is 0 Å². The molecular weight excluding hydrogens is 352 g/mol. The highest BCUT2D eigenvalue weighted by atomic mass is 32.2. The summed E-state index contributed by atoms with van der Waals surface area (Å²) in [7, 11) is -1.54. The van der Waals surface area contributed by atoms with Gasteiger partial charge >= 0.3 is 0 Å². The second kappa shape index (κ2) is 7.22. The molecule has 2 N–H and O–H groups in total. The Hall–Kier alpha value is -2.78. The molecule has 9 heteroatoms. The zero-order chi connectivity index (χ0) is 18.7. The molecule has 8 nitrogen and oxygen atoms in total. The lowest BCUT2D eigenvalue weighted by Crippen LogP contribution is -2.22. The van der Waals surface area contributed by atoms with E-state index in [2.05, 4.69) is 25.0 Å².